The quantitative estimate of drug-likeness (QED) is 0.138. The van der Waals surface area contributed by atoms with E-state index in [1.54, 1.807) is 0 Å². The zero-order valence-electron chi connectivity index (χ0n) is 36.7. The van der Waals surface area contributed by atoms with Gasteiger partial charge in [0, 0.05) is 38.9 Å². The molecule has 0 aliphatic carbocycles. The fraction of sp³-hybridized carbons (Fsp3) is 0.315. The maximum Gasteiger partial charge on any atom is 0.252 e. The summed E-state index contributed by atoms with van der Waals surface area (Å²) in [5.74, 6) is 0. The number of benzene rings is 6. The van der Waals surface area contributed by atoms with Gasteiger partial charge in [-0.2, -0.15) is 0 Å². The standard InChI is InChI=1S/C54H56BN3/c1-31-19-20-33(51(2,3)4)25-38(31)40-27-35(53(8,9)10)29-42-49(40)57-45-23-32(37-17-15-16-18-44(37)56-14)24-47-48(45)55(42)43-30-36(54(11,12)13)28-41-39-26-34(52(5,6)7)21-22-46(39)58(47)50(41)43/h15-30,57H,1-13H3. The van der Waals surface area contributed by atoms with Gasteiger partial charge in [-0.15, -0.1) is 0 Å². The molecule has 58 heavy (non-hydrogen) atoms. The van der Waals surface area contributed by atoms with Crippen LogP contribution in [0.3, 0.4) is 0 Å². The highest BCUT2D eigenvalue weighted by Crippen LogP contribution is 2.45. The summed E-state index contributed by atoms with van der Waals surface area (Å²) in [6.07, 6.45) is 0. The minimum absolute atomic E-state index is 0.00543. The Bertz CT molecular complexity index is 2920. The van der Waals surface area contributed by atoms with Crippen LogP contribution in [0, 0.1) is 13.5 Å². The molecule has 0 unspecified atom stereocenters. The number of fused-ring (bicyclic) bond motifs is 7. The highest BCUT2D eigenvalue weighted by Gasteiger charge is 2.42. The van der Waals surface area contributed by atoms with Crippen LogP contribution in [0.1, 0.15) is 111 Å². The molecule has 3 nitrogen and oxygen atoms in total. The monoisotopic (exact) mass is 757 g/mol. The summed E-state index contributed by atoms with van der Waals surface area (Å²) in [6.45, 7) is 38.3. The number of aryl methyl sites for hydroxylation is 1. The highest BCUT2D eigenvalue weighted by molar-refractivity contribution is 7.00. The molecule has 2 aliphatic rings. The summed E-state index contributed by atoms with van der Waals surface area (Å²) in [7, 11) is 0. The molecule has 1 aromatic heterocycles. The van der Waals surface area contributed by atoms with E-state index in [-0.39, 0.29) is 28.4 Å². The largest absolute Gasteiger partial charge is 0.356 e. The summed E-state index contributed by atoms with van der Waals surface area (Å²) in [5.41, 5.74) is 21.6. The molecule has 7 aromatic rings. The van der Waals surface area contributed by atoms with Gasteiger partial charge >= 0.3 is 0 Å². The van der Waals surface area contributed by atoms with Crippen molar-refractivity contribution >= 4 is 62.0 Å². The molecule has 9 rings (SSSR count). The van der Waals surface area contributed by atoms with Crippen LogP contribution >= 0.6 is 0 Å². The number of rotatable bonds is 2. The van der Waals surface area contributed by atoms with Crippen molar-refractivity contribution in [2.75, 3.05) is 5.32 Å². The van der Waals surface area contributed by atoms with E-state index in [1.165, 1.54) is 88.5 Å². The number of nitrogens with one attached hydrogen (secondary N) is 1. The molecule has 4 heteroatoms. The van der Waals surface area contributed by atoms with E-state index < -0.39 is 0 Å². The van der Waals surface area contributed by atoms with Crippen LogP contribution in [0.5, 0.6) is 0 Å². The van der Waals surface area contributed by atoms with Gasteiger partial charge in [-0.1, -0.05) is 144 Å². The van der Waals surface area contributed by atoms with Crippen molar-refractivity contribution in [2.45, 2.75) is 112 Å². The second-order valence-electron chi connectivity index (χ2n) is 21.2. The normalized spacial score (nSPS) is 13.7. The van der Waals surface area contributed by atoms with Gasteiger partial charge in [-0.25, -0.2) is 4.85 Å². The smallest absolute Gasteiger partial charge is 0.252 e. The second-order valence-corrected chi connectivity index (χ2v) is 21.2. The lowest BCUT2D eigenvalue weighted by molar-refractivity contribution is 0.589. The molecule has 2 aliphatic heterocycles. The maximum absolute atomic E-state index is 8.15. The average molecular weight is 758 g/mol. The molecule has 0 atom stereocenters. The minimum Gasteiger partial charge on any atom is -0.356 e. The van der Waals surface area contributed by atoms with Gasteiger partial charge in [0.2, 0.25) is 0 Å². The van der Waals surface area contributed by atoms with Gasteiger partial charge in [-0.05, 0) is 126 Å². The van der Waals surface area contributed by atoms with Crippen molar-refractivity contribution in [1.82, 2.24) is 4.57 Å². The molecule has 0 bridgehead atoms. The molecule has 6 aromatic carbocycles. The summed E-state index contributed by atoms with van der Waals surface area (Å²) < 4.78 is 2.55. The van der Waals surface area contributed by atoms with Gasteiger partial charge in [0.15, 0.2) is 5.69 Å². The number of anilines is 2. The molecular formula is C54H56BN3. The molecule has 0 amide bonds. The molecule has 0 spiro atoms. The lowest BCUT2D eigenvalue weighted by atomic mass is 9.33. The molecule has 290 valence electrons. The summed E-state index contributed by atoms with van der Waals surface area (Å²) in [6, 6.07) is 36.9. The van der Waals surface area contributed by atoms with Crippen LogP contribution in [0.4, 0.5) is 17.1 Å². The van der Waals surface area contributed by atoms with Gasteiger partial charge in [-0.3, -0.25) is 0 Å². The van der Waals surface area contributed by atoms with Crippen LogP contribution in [0.25, 0.3) is 54.6 Å². The van der Waals surface area contributed by atoms with Crippen molar-refractivity contribution in [1.29, 1.82) is 0 Å². The number of hydrogen-bond donors (Lipinski definition) is 1. The van der Waals surface area contributed by atoms with Gasteiger partial charge in [0.25, 0.3) is 6.71 Å². The Morgan fingerprint density at radius 1 is 0.569 bits per heavy atom. The van der Waals surface area contributed by atoms with Crippen LogP contribution in [0.2, 0.25) is 0 Å². The molecule has 0 saturated heterocycles. The third-order valence-electron chi connectivity index (χ3n) is 13.0. The van der Waals surface area contributed by atoms with Crippen LogP contribution in [-0.2, 0) is 21.7 Å². The molecule has 0 radical (unpaired) electrons. The van der Waals surface area contributed by atoms with Crippen LogP contribution in [-0.4, -0.2) is 11.3 Å². The first-order valence-electron chi connectivity index (χ1n) is 21.0. The predicted molar refractivity (Wildman–Crippen MR) is 252 cm³/mol. The van der Waals surface area contributed by atoms with Crippen LogP contribution in [0.15, 0.2) is 97.1 Å². The van der Waals surface area contributed by atoms with E-state index in [9.17, 15) is 0 Å². The Morgan fingerprint density at radius 3 is 1.83 bits per heavy atom. The first kappa shape index (κ1) is 38.0. The molecule has 0 fully saturated rings. The molecule has 1 N–H and O–H groups in total. The Hall–Kier alpha value is -5.53. The first-order chi connectivity index (χ1) is 27.1. The van der Waals surface area contributed by atoms with E-state index >= 15 is 0 Å². The predicted octanol–water partition coefficient (Wildman–Crippen LogP) is 13.1. The highest BCUT2D eigenvalue weighted by atomic mass is 15.0. The third-order valence-corrected chi connectivity index (χ3v) is 13.0. The molecule has 0 saturated carbocycles. The van der Waals surface area contributed by atoms with E-state index in [1.807, 2.05) is 12.1 Å². The van der Waals surface area contributed by atoms with Crippen molar-refractivity contribution in [3.8, 4) is 27.9 Å². The van der Waals surface area contributed by atoms with Crippen molar-refractivity contribution < 1.29 is 0 Å². The van der Waals surface area contributed by atoms with Crippen molar-refractivity contribution in [3.63, 3.8) is 0 Å². The lowest BCUT2D eigenvalue weighted by Crippen LogP contribution is -2.59. The Balaban J connectivity index is 1.48. The summed E-state index contributed by atoms with van der Waals surface area (Å²) in [4.78, 5) is 4.01. The van der Waals surface area contributed by atoms with Gasteiger partial charge in [0.1, 0.15) is 0 Å². The lowest BCUT2D eigenvalue weighted by Gasteiger charge is -2.37. The summed E-state index contributed by atoms with van der Waals surface area (Å²) >= 11 is 0. The first-order valence-corrected chi connectivity index (χ1v) is 21.0. The van der Waals surface area contributed by atoms with E-state index in [2.05, 4.69) is 190 Å². The SMILES string of the molecule is [C-]#[N+]c1ccccc1-c1cc2c3c(c1)-n1c4ccc(C(C)(C)C)cc4c4cc(C(C)(C)C)cc(c41)B3c1cc(C(C)(C)C)cc(-c3cc(C(C)(C)C)ccc3C)c1N2. The second kappa shape index (κ2) is 12.5. The van der Waals surface area contributed by atoms with Crippen molar-refractivity contribution in [2.24, 2.45) is 0 Å². The topological polar surface area (TPSA) is 21.3 Å². The van der Waals surface area contributed by atoms with Crippen molar-refractivity contribution in [3.05, 3.63) is 136 Å². The Labute approximate surface area is 346 Å². The maximum atomic E-state index is 8.15. The Kier molecular flexibility index (Phi) is 8.19. The Morgan fingerprint density at radius 2 is 1.16 bits per heavy atom. The zero-order valence-corrected chi connectivity index (χ0v) is 36.7. The summed E-state index contributed by atoms with van der Waals surface area (Å²) in [5, 5.41) is 6.75. The minimum atomic E-state index is -0.0781. The number of nitrogens with zero attached hydrogens (tertiary/aromatic N) is 2. The molecular weight excluding hydrogens is 701 g/mol. The third kappa shape index (κ3) is 5.84. The van der Waals surface area contributed by atoms with Crippen LogP contribution < -0.4 is 21.7 Å². The van der Waals surface area contributed by atoms with E-state index in [0.29, 0.717) is 5.69 Å². The molecule has 3 heterocycles. The zero-order chi connectivity index (χ0) is 41.4. The van der Waals surface area contributed by atoms with Gasteiger partial charge < -0.3 is 9.88 Å². The fourth-order valence-electron chi connectivity index (χ4n) is 9.42. The number of hydrogen-bond acceptors (Lipinski definition) is 1. The number of para-hydroxylation sites is 1. The number of aromatic nitrogens is 1. The fourth-order valence-corrected chi connectivity index (χ4v) is 9.42. The van der Waals surface area contributed by atoms with E-state index in [4.69, 9.17) is 6.57 Å². The average Bonchev–Trinajstić information content (AvgIpc) is 3.48. The van der Waals surface area contributed by atoms with E-state index in [0.717, 1.165) is 16.8 Å². The van der Waals surface area contributed by atoms with Gasteiger partial charge in [0.05, 0.1) is 12.1 Å².